The molecule has 0 aliphatic rings. The number of carbonyl (C=O) groups is 1. The van der Waals surface area contributed by atoms with Crippen molar-refractivity contribution in [3.63, 3.8) is 0 Å². The molecular formula is C13H12N2O5S. The predicted molar refractivity (Wildman–Crippen MR) is 77.4 cm³/mol. The molecule has 0 aliphatic carbocycles. The molecule has 0 aromatic heterocycles. The molecule has 0 unspecified atom stereocenters. The van der Waals surface area contributed by atoms with E-state index >= 15 is 0 Å². The molecule has 1 amide bonds. The lowest BCUT2D eigenvalue weighted by Gasteiger charge is -2.10. The van der Waals surface area contributed by atoms with Crippen molar-refractivity contribution in [2.75, 3.05) is 11.1 Å². The Labute approximate surface area is 121 Å². The Balaban J connectivity index is 2.28. The van der Waals surface area contributed by atoms with Crippen LogP contribution >= 0.6 is 0 Å². The molecular weight excluding hydrogens is 296 g/mol. The van der Waals surface area contributed by atoms with Crippen molar-refractivity contribution in [1.82, 2.24) is 0 Å². The number of nitrogens with two attached hydrogens (primary N) is 1. The van der Waals surface area contributed by atoms with Gasteiger partial charge in [0.25, 0.3) is 5.91 Å². The van der Waals surface area contributed by atoms with Crippen LogP contribution in [0.5, 0.6) is 5.75 Å². The molecule has 4 N–H and O–H groups in total. The second-order valence-electron chi connectivity index (χ2n) is 4.05. The highest BCUT2D eigenvalue weighted by Gasteiger charge is 2.17. The van der Waals surface area contributed by atoms with Gasteiger partial charge in [0, 0.05) is 5.69 Å². The molecule has 0 fully saturated rings. The fourth-order valence-electron chi connectivity index (χ4n) is 1.65. The average Bonchev–Trinajstić information content (AvgIpc) is 2.40. The van der Waals surface area contributed by atoms with Gasteiger partial charge >= 0.3 is 10.4 Å². The van der Waals surface area contributed by atoms with E-state index in [4.69, 9.17) is 10.3 Å². The minimum absolute atomic E-state index is 0.0278. The molecule has 21 heavy (non-hydrogen) atoms. The first kappa shape index (κ1) is 14.8. The number of para-hydroxylation sites is 2. The summed E-state index contributed by atoms with van der Waals surface area (Å²) in [4.78, 5) is 12.1. The number of amides is 1. The summed E-state index contributed by atoms with van der Waals surface area (Å²) < 4.78 is 34.4. The van der Waals surface area contributed by atoms with E-state index in [9.17, 15) is 13.2 Å². The van der Waals surface area contributed by atoms with Crippen molar-refractivity contribution < 1.29 is 21.9 Å². The SMILES string of the molecule is Nc1c(OS(=O)(=O)O)cccc1C(=O)Nc1ccccc1. The van der Waals surface area contributed by atoms with E-state index in [1.54, 1.807) is 30.3 Å². The highest BCUT2D eigenvalue weighted by molar-refractivity contribution is 7.81. The van der Waals surface area contributed by atoms with E-state index in [-0.39, 0.29) is 17.0 Å². The maximum absolute atomic E-state index is 12.1. The zero-order chi connectivity index (χ0) is 15.5. The van der Waals surface area contributed by atoms with Gasteiger partial charge in [-0.2, -0.15) is 8.42 Å². The number of anilines is 2. The topological polar surface area (TPSA) is 119 Å². The zero-order valence-corrected chi connectivity index (χ0v) is 11.5. The maximum atomic E-state index is 12.1. The molecule has 0 bridgehead atoms. The van der Waals surface area contributed by atoms with Gasteiger partial charge in [-0.3, -0.25) is 9.35 Å². The zero-order valence-electron chi connectivity index (χ0n) is 10.7. The van der Waals surface area contributed by atoms with Crippen LogP contribution in [0, 0.1) is 0 Å². The van der Waals surface area contributed by atoms with Crippen LogP contribution < -0.4 is 15.2 Å². The molecule has 0 radical (unpaired) electrons. The standard InChI is InChI=1S/C13H12N2O5S/c14-12-10(7-4-8-11(12)20-21(17,18)19)13(16)15-9-5-2-1-3-6-9/h1-8H,14H2,(H,15,16)(H,17,18,19). The van der Waals surface area contributed by atoms with Crippen molar-refractivity contribution in [3.05, 3.63) is 54.1 Å². The summed E-state index contributed by atoms with van der Waals surface area (Å²) in [7, 11) is -4.71. The monoisotopic (exact) mass is 308 g/mol. The van der Waals surface area contributed by atoms with E-state index in [2.05, 4.69) is 9.50 Å². The van der Waals surface area contributed by atoms with Gasteiger partial charge in [-0.15, -0.1) is 0 Å². The minimum atomic E-state index is -4.71. The number of rotatable bonds is 4. The third kappa shape index (κ3) is 3.94. The lowest BCUT2D eigenvalue weighted by Crippen LogP contribution is -2.15. The van der Waals surface area contributed by atoms with Crippen LogP contribution in [0.3, 0.4) is 0 Å². The fourth-order valence-corrected chi connectivity index (χ4v) is 2.02. The Morgan fingerprint density at radius 3 is 2.38 bits per heavy atom. The Morgan fingerprint density at radius 2 is 1.76 bits per heavy atom. The van der Waals surface area contributed by atoms with Crippen molar-refractivity contribution in [1.29, 1.82) is 0 Å². The van der Waals surface area contributed by atoms with Crippen LogP contribution in [-0.2, 0) is 10.4 Å². The van der Waals surface area contributed by atoms with Crippen LogP contribution in [0.4, 0.5) is 11.4 Å². The van der Waals surface area contributed by atoms with Crippen LogP contribution in [0.15, 0.2) is 48.5 Å². The predicted octanol–water partition coefficient (Wildman–Crippen LogP) is 1.70. The Bertz CT molecular complexity index is 759. The first-order valence-corrected chi connectivity index (χ1v) is 7.15. The van der Waals surface area contributed by atoms with Crippen LogP contribution in [0.25, 0.3) is 0 Å². The van der Waals surface area contributed by atoms with Gasteiger partial charge in [0.2, 0.25) is 0 Å². The molecule has 0 heterocycles. The molecule has 0 saturated carbocycles. The van der Waals surface area contributed by atoms with Gasteiger partial charge in [-0.25, -0.2) is 0 Å². The largest absolute Gasteiger partial charge is 0.446 e. The second kappa shape index (κ2) is 5.81. The van der Waals surface area contributed by atoms with Crippen molar-refractivity contribution in [2.24, 2.45) is 0 Å². The number of hydrogen-bond donors (Lipinski definition) is 3. The molecule has 8 heteroatoms. The molecule has 0 aliphatic heterocycles. The summed E-state index contributed by atoms with van der Waals surface area (Å²) in [5.74, 6) is -0.849. The molecule has 0 saturated heterocycles. The van der Waals surface area contributed by atoms with Crippen molar-refractivity contribution >= 4 is 27.7 Å². The van der Waals surface area contributed by atoms with Crippen LogP contribution in [0.1, 0.15) is 10.4 Å². The average molecular weight is 308 g/mol. The number of benzene rings is 2. The third-order valence-electron chi connectivity index (χ3n) is 2.54. The number of nitrogens with one attached hydrogen (secondary N) is 1. The van der Waals surface area contributed by atoms with Gasteiger partial charge in [-0.1, -0.05) is 24.3 Å². The van der Waals surface area contributed by atoms with E-state index in [0.29, 0.717) is 5.69 Å². The number of carbonyl (C=O) groups excluding carboxylic acids is 1. The van der Waals surface area contributed by atoms with Crippen LogP contribution in [-0.4, -0.2) is 18.9 Å². The highest BCUT2D eigenvalue weighted by atomic mass is 32.3. The van der Waals surface area contributed by atoms with Crippen molar-refractivity contribution in [2.45, 2.75) is 0 Å². The molecule has 7 nitrogen and oxygen atoms in total. The second-order valence-corrected chi connectivity index (χ2v) is 5.07. The molecule has 0 spiro atoms. The van der Waals surface area contributed by atoms with Crippen molar-refractivity contribution in [3.8, 4) is 5.75 Å². The van der Waals surface area contributed by atoms with E-state index in [0.717, 1.165) is 0 Å². The lowest BCUT2D eigenvalue weighted by molar-refractivity contribution is 0.102. The van der Waals surface area contributed by atoms with Gasteiger partial charge in [0.05, 0.1) is 11.3 Å². The molecule has 2 aromatic rings. The van der Waals surface area contributed by atoms with Gasteiger partial charge < -0.3 is 15.2 Å². The van der Waals surface area contributed by atoms with Gasteiger partial charge in [0.15, 0.2) is 5.75 Å². The quantitative estimate of drug-likeness (QED) is 0.584. The summed E-state index contributed by atoms with van der Waals surface area (Å²) >= 11 is 0. The summed E-state index contributed by atoms with van der Waals surface area (Å²) in [6.07, 6.45) is 0. The van der Waals surface area contributed by atoms with Gasteiger partial charge in [-0.05, 0) is 24.3 Å². The Hall–Kier alpha value is -2.58. The third-order valence-corrected chi connectivity index (χ3v) is 2.93. The minimum Gasteiger partial charge on any atom is -0.395 e. The maximum Gasteiger partial charge on any atom is 0.446 e. The lowest BCUT2D eigenvalue weighted by atomic mass is 10.1. The first-order valence-electron chi connectivity index (χ1n) is 5.78. The van der Waals surface area contributed by atoms with E-state index in [1.165, 1.54) is 18.2 Å². The smallest absolute Gasteiger partial charge is 0.395 e. The van der Waals surface area contributed by atoms with E-state index < -0.39 is 16.3 Å². The number of nitrogen functional groups attached to an aromatic ring is 1. The molecule has 110 valence electrons. The summed E-state index contributed by atoms with van der Waals surface area (Å²) in [5.41, 5.74) is 6.08. The fraction of sp³-hybridized carbons (Fsp3) is 0. The molecule has 2 rings (SSSR count). The summed E-state index contributed by atoms with van der Waals surface area (Å²) in [5, 5.41) is 2.60. The normalized spacial score (nSPS) is 10.9. The first-order chi connectivity index (χ1) is 9.87. The summed E-state index contributed by atoms with van der Waals surface area (Å²) in [6, 6.07) is 12.7. The van der Waals surface area contributed by atoms with Gasteiger partial charge in [0.1, 0.15) is 0 Å². The molecule has 0 atom stereocenters. The number of hydrogen-bond acceptors (Lipinski definition) is 5. The highest BCUT2D eigenvalue weighted by Crippen LogP contribution is 2.27. The Kier molecular flexibility index (Phi) is 4.10. The summed E-state index contributed by atoms with van der Waals surface area (Å²) in [6.45, 7) is 0. The Morgan fingerprint density at radius 1 is 1.10 bits per heavy atom. The van der Waals surface area contributed by atoms with E-state index in [1.807, 2.05) is 0 Å². The van der Waals surface area contributed by atoms with Crippen LogP contribution in [0.2, 0.25) is 0 Å². The molecule has 2 aromatic carbocycles.